The van der Waals surface area contributed by atoms with Crippen LogP contribution in [0.3, 0.4) is 0 Å². The molecule has 0 aliphatic carbocycles. The van der Waals surface area contributed by atoms with E-state index in [1.54, 1.807) is 0 Å². The standard InChI is InChI=1S/C44H64Cl4N4.2F6P/c1-9-13-21-49(22-14-10-2)27-19-41-43(5,6)33-29-35(45)37(47)31-39(33)51(41)25-17-18-26-52-40-32-38(48)36(46)30-34(40)44(7,8)42(52)20-28-50(23-15-11-3)24-16-12-4;2*1-7(2,3,4,5)6/h19-20,27-32H,9-18,21-26H2,1-8H3;;/q+2;2*-1. The van der Waals surface area contributed by atoms with Gasteiger partial charge < -0.3 is 9.80 Å². The van der Waals surface area contributed by atoms with E-state index in [-0.39, 0.29) is 10.8 Å². The number of unbranched alkanes of at least 4 members (excludes halogenated alkanes) is 5. The SMILES string of the molecule is CCCC[N+](=CC=C1N(CCCCN2C(=CC=[N+](CCCC)CCCC)C(C)(C)c3cc(Cl)c(Cl)cc32)c2cc(Cl)c(Cl)cc2C1(C)C)CCCC.F[P-](F)(F)(F)(F)F.F[P-](F)(F)(F)(F)F. The first-order valence-electron chi connectivity index (χ1n) is 22.0. The summed E-state index contributed by atoms with van der Waals surface area (Å²) in [7, 11) is -21.3. The number of nitrogens with zero attached hydrogens (tertiary/aromatic N) is 4. The maximum absolute atomic E-state index is 10.7. The van der Waals surface area contributed by atoms with Gasteiger partial charge in [0.15, 0.2) is 12.4 Å². The van der Waals surface area contributed by atoms with Crippen molar-refractivity contribution in [3.63, 3.8) is 0 Å². The van der Waals surface area contributed by atoms with Gasteiger partial charge in [0.25, 0.3) is 0 Å². The van der Waals surface area contributed by atoms with Crippen molar-refractivity contribution in [2.24, 2.45) is 0 Å². The second-order valence-corrected chi connectivity index (χ2v) is 23.1. The van der Waals surface area contributed by atoms with Crippen molar-refractivity contribution in [1.29, 1.82) is 0 Å². The van der Waals surface area contributed by atoms with Crippen LogP contribution in [0, 0.1) is 0 Å². The number of hydrogen-bond donors (Lipinski definition) is 0. The Morgan fingerprint density at radius 2 is 0.697 bits per heavy atom. The van der Waals surface area contributed by atoms with E-state index in [1.165, 1.54) is 73.9 Å². The van der Waals surface area contributed by atoms with Crippen molar-refractivity contribution in [1.82, 2.24) is 0 Å². The molecule has 4 nitrogen and oxygen atoms in total. The molecule has 0 aromatic heterocycles. The van der Waals surface area contributed by atoms with Crippen LogP contribution in [0.2, 0.25) is 20.1 Å². The van der Waals surface area contributed by atoms with Gasteiger partial charge in [-0.15, -0.1) is 0 Å². The van der Waals surface area contributed by atoms with E-state index in [0.29, 0.717) is 20.1 Å². The quantitative estimate of drug-likeness (QED) is 0.0457. The van der Waals surface area contributed by atoms with Crippen LogP contribution in [0.25, 0.3) is 0 Å². The molecule has 22 heteroatoms. The first kappa shape index (κ1) is 60.2. The van der Waals surface area contributed by atoms with E-state index < -0.39 is 15.6 Å². The van der Waals surface area contributed by atoms with Gasteiger partial charge in [-0.25, -0.2) is 9.15 Å². The van der Waals surface area contributed by atoms with Crippen LogP contribution in [0.15, 0.2) is 47.8 Å². The van der Waals surface area contributed by atoms with Crippen molar-refractivity contribution >= 4 is 85.8 Å². The first-order chi connectivity index (χ1) is 29.7. The molecule has 382 valence electrons. The van der Waals surface area contributed by atoms with Gasteiger partial charge >= 0.3 is 66.0 Å². The zero-order chi connectivity index (χ0) is 50.9. The average molecular weight is 1080 g/mol. The second kappa shape index (κ2) is 21.6. The van der Waals surface area contributed by atoms with E-state index in [1.807, 2.05) is 0 Å². The van der Waals surface area contributed by atoms with E-state index in [2.05, 4.69) is 123 Å². The molecular formula is C44H64Cl4F12N4P2. The van der Waals surface area contributed by atoms with Gasteiger partial charge in [0, 0.05) is 84.5 Å². The Morgan fingerprint density at radius 1 is 0.455 bits per heavy atom. The Labute approximate surface area is 402 Å². The summed E-state index contributed by atoms with van der Waals surface area (Å²) in [5.74, 6) is 0. The summed E-state index contributed by atoms with van der Waals surface area (Å²) in [6, 6.07) is 8.29. The molecule has 0 bridgehead atoms. The van der Waals surface area contributed by atoms with E-state index >= 15 is 0 Å². The van der Waals surface area contributed by atoms with Crippen LogP contribution in [0.5, 0.6) is 0 Å². The Balaban J connectivity index is 0.000000923. The van der Waals surface area contributed by atoms with Crippen molar-refractivity contribution in [2.45, 2.75) is 130 Å². The molecule has 0 saturated carbocycles. The predicted molar refractivity (Wildman–Crippen MR) is 258 cm³/mol. The summed E-state index contributed by atoms with van der Waals surface area (Å²) in [5, 5.41) is 2.42. The average Bonchev–Trinajstić information content (AvgIpc) is 3.47. The molecule has 4 rings (SSSR count). The molecule has 2 aromatic carbocycles. The third-order valence-corrected chi connectivity index (χ3v) is 12.4. The molecule has 0 atom stereocenters. The molecule has 2 aliphatic rings. The van der Waals surface area contributed by atoms with Gasteiger partial charge in [0.2, 0.25) is 0 Å². The van der Waals surface area contributed by atoms with Gasteiger partial charge in [-0.3, -0.25) is 0 Å². The summed E-state index contributed by atoms with van der Waals surface area (Å²) in [6.45, 7) is 24.4. The summed E-state index contributed by atoms with van der Waals surface area (Å²) in [4.78, 5) is 4.99. The zero-order valence-electron chi connectivity index (χ0n) is 38.7. The normalized spacial score (nSPS) is 18.5. The third kappa shape index (κ3) is 21.8. The number of halogens is 16. The molecule has 0 fully saturated rings. The van der Waals surface area contributed by atoms with Crippen molar-refractivity contribution in [3.8, 4) is 0 Å². The monoisotopic (exact) mass is 1080 g/mol. The van der Waals surface area contributed by atoms with Gasteiger partial charge in [-0.2, -0.15) is 0 Å². The van der Waals surface area contributed by atoms with Gasteiger partial charge in [-0.05, 0) is 48.2 Å². The summed E-state index contributed by atoms with van der Waals surface area (Å²) >= 11 is 26.6. The second-order valence-electron chi connectivity index (χ2n) is 17.6. The fourth-order valence-corrected chi connectivity index (χ4v) is 8.31. The van der Waals surface area contributed by atoms with Crippen LogP contribution in [0.4, 0.5) is 61.7 Å². The summed E-state index contributed by atoms with van der Waals surface area (Å²) in [5.41, 5.74) is 6.96. The zero-order valence-corrected chi connectivity index (χ0v) is 43.5. The van der Waals surface area contributed by atoms with E-state index in [0.717, 1.165) is 63.5 Å². The molecule has 2 heterocycles. The molecular weight excluding hydrogens is 1020 g/mol. The van der Waals surface area contributed by atoms with Crippen molar-refractivity contribution in [2.75, 3.05) is 49.1 Å². The third-order valence-electron chi connectivity index (χ3n) is 11.0. The molecule has 0 unspecified atom stereocenters. The number of allylic oxidation sites excluding steroid dienone is 4. The van der Waals surface area contributed by atoms with Crippen LogP contribution in [0.1, 0.15) is 131 Å². The number of anilines is 2. The first-order valence-corrected chi connectivity index (χ1v) is 27.5. The molecule has 0 spiro atoms. The number of fused-ring (bicyclic) bond motifs is 2. The van der Waals surface area contributed by atoms with Crippen LogP contribution < -0.4 is 9.80 Å². The molecule has 0 saturated heterocycles. The topological polar surface area (TPSA) is 12.5 Å². The molecule has 2 aromatic rings. The van der Waals surface area contributed by atoms with Gasteiger partial charge in [0.1, 0.15) is 26.2 Å². The van der Waals surface area contributed by atoms with Crippen LogP contribution in [-0.2, 0) is 10.8 Å². The molecule has 2 aliphatic heterocycles. The maximum atomic E-state index is 9.87. The molecule has 0 amide bonds. The van der Waals surface area contributed by atoms with Crippen molar-refractivity contribution < 1.29 is 59.5 Å². The summed E-state index contributed by atoms with van der Waals surface area (Å²) in [6.07, 6.45) is 20.9. The molecule has 0 N–H and O–H groups in total. The van der Waals surface area contributed by atoms with Crippen LogP contribution in [-0.4, -0.2) is 60.8 Å². The number of hydrogen-bond acceptors (Lipinski definition) is 2. The van der Waals surface area contributed by atoms with Crippen LogP contribution >= 0.6 is 62.0 Å². The molecule has 66 heavy (non-hydrogen) atoms. The number of benzene rings is 2. The Hall–Kier alpha value is -1.96. The Morgan fingerprint density at radius 3 is 0.939 bits per heavy atom. The summed E-state index contributed by atoms with van der Waals surface area (Å²) < 4.78 is 123. The molecule has 0 radical (unpaired) electrons. The predicted octanol–water partition coefficient (Wildman–Crippen LogP) is 19.9. The number of rotatable bonds is 19. The van der Waals surface area contributed by atoms with E-state index in [9.17, 15) is 50.4 Å². The fourth-order valence-electron chi connectivity index (χ4n) is 7.67. The van der Waals surface area contributed by atoms with Gasteiger partial charge in [0.05, 0.1) is 20.1 Å². The Bertz CT molecular complexity index is 1930. The van der Waals surface area contributed by atoms with Crippen molar-refractivity contribution in [3.05, 3.63) is 79.0 Å². The minimum absolute atomic E-state index is 0.206. The van der Waals surface area contributed by atoms with E-state index in [4.69, 9.17) is 46.4 Å². The minimum atomic E-state index is -10.7. The van der Waals surface area contributed by atoms with Gasteiger partial charge in [-0.1, -0.05) is 127 Å². The fraction of sp³-hybridized carbons (Fsp3) is 0.591. The Kier molecular flexibility index (Phi) is 19.7.